The van der Waals surface area contributed by atoms with E-state index >= 15 is 0 Å². The molecule has 1 aromatic heterocycles. The smallest absolute Gasteiger partial charge is 0.409 e. The molecule has 1 aliphatic rings. The Morgan fingerprint density at radius 1 is 1.36 bits per heavy atom. The van der Waals surface area contributed by atoms with Crippen LogP contribution in [-0.2, 0) is 16.0 Å². The Morgan fingerprint density at radius 3 is 3.05 bits per heavy atom. The first-order valence-electron chi connectivity index (χ1n) is 7.47. The minimum absolute atomic E-state index is 0.00579. The molecule has 116 valence electrons. The van der Waals surface area contributed by atoms with Gasteiger partial charge in [-0.2, -0.15) is 0 Å². The van der Waals surface area contributed by atoms with E-state index in [1.807, 2.05) is 30.5 Å². The van der Waals surface area contributed by atoms with E-state index in [0.717, 1.165) is 22.9 Å². The third kappa shape index (κ3) is 3.21. The first kappa shape index (κ1) is 14.4. The second-order valence-corrected chi connectivity index (χ2v) is 5.34. The van der Waals surface area contributed by atoms with E-state index in [-0.39, 0.29) is 12.0 Å². The fraction of sp³-hybridized carbons (Fsp3) is 0.375. The number of H-pyrrole nitrogens is 1. The van der Waals surface area contributed by atoms with Crippen molar-refractivity contribution in [1.29, 1.82) is 0 Å². The summed E-state index contributed by atoms with van der Waals surface area (Å²) in [6.07, 6.45) is 2.71. The van der Waals surface area contributed by atoms with Gasteiger partial charge >= 0.3 is 6.09 Å². The van der Waals surface area contributed by atoms with Crippen molar-refractivity contribution in [2.45, 2.75) is 12.8 Å². The molecule has 2 N–H and O–H groups in total. The average Bonchev–Trinajstić information content (AvgIpc) is 3.11. The lowest BCUT2D eigenvalue weighted by Gasteiger charge is -2.12. The molecule has 1 fully saturated rings. The van der Waals surface area contributed by atoms with Crippen molar-refractivity contribution in [2.75, 3.05) is 26.2 Å². The van der Waals surface area contributed by atoms with Crippen molar-refractivity contribution < 1.29 is 14.3 Å². The number of carbonyl (C=O) groups excluding carboxylic acids is 2. The van der Waals surface area contributed by atoms with E-state index in [2.05, 4.69) is 10.3 Å². The van der Waals surface area contributed by atoms with E-state index in [1.54, 1.807) is 4.90 Å². The highest BCUT2D eigenvalue weighted by molar-refractivity contribution is 5.88. The van der Waals surface area contributed by atoms with Crippen LogP contribution in [0.5, 0.6) is 0 Å². The predicted molar refractivity (Wildman–Crippen MR) is 82.6 cm³/mol. The van der Waals surface area contributed by atoms with Crippen LogP contribution in [0, 0.1) is 0 Å². The Bertz CT molecular complexity index is 680. The lowest BCUT2D eigenvalue weighted by atomic mass is 10.1. The summed E-state index contributed by atoms with van der Waals surface area (Å²) in [6.45, 7) is 2.28. The van der Waals surface area contributed by atoms with Gasteiger partial charge in [-0.3, -0.25) is 4.79 Å². The van der Waals surface area contributed by atoms with E-state index in [1.165, 1.54) is 0 Å². The van der Waals surface area contributed by atoms with Gasteiger partial charge in [0.1, 0.15) is 6.61 Å². The molecule has 0 unspecified atom stereocenters. The summed E-state index contributed by atoms with van der Waals surface area (Å²) in [6, 6.07) is 7.93. The van der Waals surface area contributed by atoms with E-state index in [0.29, 0.717) is 32.7 Å². The average molecular weight is 301 g/mol. The van der Waals surface area contributed by atoms with Gasteiger partial charge in [-0.15, -0.1) is 0 Å². The minimum Gasteiger partial charge on any atom is -0.448 e. The fourth-order valence-electron chi connectivity index (χ4n) is 2.64. The normalized spacial score (nSPS) is 14.4. The van der Waals surface area contributed by atoms with Crippen molar-refractivity contribution in [3.05, 3.63) is 36.0 Å². The molecule has 3 rings (SSSR count). The van der Waals surface area contributed by atoms with Crippen LogP contribution in [0.1, 0.15) is 12.0 Å². The molecule has 2 heterocycles. The number of carbonyl (C=O) groups is 2. The van der Waals surface area contributed by atoms with Crippen molar-refractivity contribution in [2.24, 2.45) is 0 Å². The molecule has 1 saturated heterocycles. The topological polar surface area (TPSA) is 74.4 Å². The van der Waals surface area contributed by atoms with Gasteiger partial charge in [0.25, 0.3) is 0 Å². The van der Waals surface area contributed by atoms with Gasteiger partial charge in [0, 0.05) is 30.2 Å². The highest BCUT2D eigenvalue weighted by atomic mass is 16.6. The molecule has 1 aliphatic heterocycles. The lowest BCUT2D eigenvalue weighted by molar-refractivity contribution is -0.120. The zero-order valence-electron chi connectivity index (χ0n) is 12.3. The number of para-hydroxylation sites is 1. The summed E-state index contributed by atoms with van der Waals surface area (Å²) in [4.78, 5) is 28.1. The molecule has 6 heteroatoms. The van der Waals surface area contributed by atoms with Gasteiger partial charge in [0.15, 0.2) is 0 Å². The Labute approximate surface area is 128 Å². The highest BCUT2D eigenvalue weighted by Gasteiger charge is 2.20. The summed E-state index contributed by atoms with van der Waals surface area (Å²) in [5.41, 5.74) is 2.04. The summed E-state index contributed by atoms with van der Waals surface area (Å²) in [5, 5.41) is 3.97. The summed E-state index contributed by atoms with van der Waals surface area (Å²) in [5.74, 6) is -0.00579. The number of hydrogen-bond acceptors (Lipinski definition) is 3. The number of nitrogens with zero attached hydrogens (tertiary/aromatic N) is 1. The molecule has 6 nitrogen and oxygen atoms in total. The zero-order chi connectivity index (χ0) is 15.4. The first-order chi connectivity index (χ1) is 10.7. The minimum atomic E-state index is -0.259. The van der Waals surface area contributed by atoms with Crippen molar-refractivity contribution >= 4 is 22.9 Å². The van der Waals surface area contributed by atoms with Crippen molar-refractivity contribution in [3.8, 4) is 0 Å². The number of benzene rings is 1. The van der Waals surface area contributed by atoms with Crippen LogP contribution >= 0.6 is 0 Å². The second kappa shape index (κ2) is 6.51. The van der Waals surface area contributed by atoms with Crippen LogP contribution in [-0.4, -0.2) is 48.1 Å². The zero-order valence-corrected chi connectivity index (χ0v) is 12.3. The number of aromatic amines is 1. The number of amides is 2. The number of aromatic nitrogens is 1. The maximum absolute atomic E-state index is 12.0. The van der Waals surface area contributed by atoms with Crippen LogP contribution in [0.4, 0.5) is 4.79 Å². The summed E-state index contributed by atoms with van der Waals surface area (Å²) in [7, 11) is 0. The van der Waals surface area contributed by atoms with Gasteiger partial charge in [-0.1, -0.05) is 18.2 Å². The van der Waals surface area contributed by atoms with Gasteiger partial charge < -0.3 is 19.9 Å². The Morgan fingerprint density at radius 2 is 2.23 bits per heavy atom. The van der Waals surface area contributed by atoms with Gasteiger partial charge in [0.2, 0.25) is 5.91 Å². The molecule has 0 bridgehead atoms. The highest BCUT2D eigenvalue weighted by Crippen LogP contribution is 2.17. The molecule has 2 aromatic rings. The standard InChI is InChI=1S/C16H19N3O3/c20-15(17-6-3-7-19-8-9-22-16(19)21)10-12-11-18-14-5-2-1-4-13(12)14/h1-2,4-5,11,18H,3,6-10H2,(H,17,20). The predicted octanol–water partition coefficient (Wildman–Crippen LogP) is 1.67. The van der Waals surface area contributed by atoms with Crippen LogP contribution in [0.2, 0.25) is 0 Å². The number of hydrogen-bond donors (Lipinski definition) is 2. The Kier molecular flexibility index (Phi) is 4.27. The lowest BCUT2D eigenvalue weighted by Crippen LogP contribution is -2.31. The SMILES string of the molecule is O=C(Cc1c[nH]c2ccccc12)NCCCN1CCOC1=O. The van der Waals surface area contributed by atoms with E-state index in [4.69, 9.17) is 4.74 Å². The molecule has 1 aromatic carbocycles. The number of fused-ring (bicyclic) bond motifs is 1. The molecule has 0 saturated carbocycles. The largest absolute Gasteiger partial charge is 0.448 e. The van der Waals surface area contributed by atoms with Gasteiger partial charge in [0.05, 0.1) is 13.0 Å². The summed E-state index contributed by atoms with van der Waals surface area (Å²) >= 11 is 0. The van der Waals surface area contributed by atoms with Gasteiger partial charge in [-0.25, -0.2) is 4.79 Å². The third-order valence-electron chi connectivity index (χ3n) is 3.80. The van der Waals surface area contributed by atoms with Crippen LogP contribution < -0.4 is 5.32 Å². The van der Waals surface area contributed by atoms with Crippen LogP contribution in [0.25, 0.3) is 10.9 Å². The molecule has 22 heavy (non-hydrogen) atoms. The second-order valence-electron chi connectivity index (χ2n) is 5.34. The van der Waals surface area contributed by atoms with Gasteiger partial charge in [-0.05, 0) is 18.1 Å². The maximum atomic E-state index is 12.0. The summed E-state index contributed by atoms with van der Waals surface area (Å²) < 4.78 is 4.85. The quantitative estimate of drug-likeness (QED) is 0.797. The Balaban J connectivity index is 1.43. The van der Waals surface area contributed by atoms with E-state index in [9.17, 15) is 9.59 Å². The molecular weight excluding hydrogens is 282 g/mol. The number of rotatable bonds is 6. The molecule has 0 aliphatic carbocycles. The fourth-order valence-corrected chi connectivity index (χ4v) is 2.64. The third-order valence-corrected chi connectivity index (χ3v) is 3.80. The van der Waals surface area contributed by atoms with Crippen molar-refractivity contribution in [3.63, 3.8) is 0 Å². The van der Waals surface area contributed by atoms with Crippen LogP contribution in [0.3, 0.4) is 0 Å². The number of cyclic esters (lactones) is 1. The van der Waals surface area contributed by atoms with E-state index < -0.39 is 0 Å². The molecule has 2 amide bonds. The molecule has 0 spiro atoms. The Hall–Kier alpha value is -2.50. The van der Waals surface area contributed by atoms with Crippen molar-refractivity contribution in [1.82, 2.24) is 15.2 Å². The monoisotopic (exact) mass is 301 g/mol. The first-order valence-corrected chi connectivity index (χ1v) is 7.47. The van der Waals surface area contributed by atoms with Crippen LogP contribution in [0.15, 0.2) is 30.5 Å². The molecular formula is C16H19N3O3. The number of nitrogens with one attached hydrogen (secondary N) is 2. The number of ether oxygens (including phenoxy) is 1. The molecule has 0 atom stereocenters. The molecule has 0 radical (unpaired) electrons. The maximum Gasteiger partial charge on any atom is 0.409 e.